The Balaban J connectivity index is 1.96. The number of pyridine rings is 1. The first-order chi connectivity index (χ1) is 9.96. The van der Waals surface area contributed by atoms with Gasteiger partial charge in [0.15, 0.2) is 0 Å². The molecule has 2 atom stereocenters. The molecule has 1 heterocycles. The van der Waals surface area contributed by atoms with E-state index in [0.29, 0.717) is 0 Å². The summed E-state index contributed by atoms with van der Waals surface area (Å²) in [5, 5.41) is 0. The minimum Gasteiger partial charge on any atom is -0.378 e. The first kappa shape index (κ1) is 15.7. The second-order valence-electron chi connectivity index (χ2n) is 6.09. The van der Waals surface area contributed by atoms with Crippen LogP contribution in [0.25, 0.3) is 6.08 Å². The molecule has 0 aliphatic heterocycles. The summed E-state index contributed by atoms with van der Waals surface area (Å²) < 4.78 is 5.72. The van der Waals surface area contributed by atoms with E-state index in [-0.39, 0.29) is 23.5 Å². The number of hydrogen-bond donors (Lipinski definition) is 0. The van der Waals surface area contributed by atoms with Gasteiger partial charge in [0, 0.05) is 43.6 Å². The van der Waals surface area contributed by atoms with Crippen LogP contribution in [-0.2, 0) is 9.53 Å². The van der Waals surface area contributed by atoms with E-state index in [1.54, 1.807) is 24.5 Å². The van der Waals surface area contributed by atoms with E-state index in [0.717, 1.165) is 18.6 Å². The van der Waals surface area contributed by atoms with Crippen LogP contribution in [0.2, 0.25) is 0 Å². The van der Waals surface area contributed by atoms with Crippen molar-refractivity contribution < 1.29 is 9.53 Å². The lowest BCUT2D eigenvalue weighted by atomic mass is 9.64. The van der Waals surface area contributed by atoms with Gasteiger partial charge in [0.1, 0.15) is 0 Å². The summed E-state index contributed by atoms with van der Waals surface area (Å²) >= 11 is 0. The second kappa shape index (κ2) is 6.39. The van der Waals surface area contributed by atoms with Gasteiger partial charge in [-0.3, -0.25) is 9.78 Å². The monoisotopic (exact) mass is 288 g/mol. The van der Waals surface area contributed by atoms with E-state index in [1.165, 1.54) is 0 Å². The molecule has 4 nitrogen and oxygen atoms in total. The van der Waals surface area contributed by atoms with Crippen molar-refractivity contribution in [2.45, 2.75) is 39.3 Å². The first-order valence-corrected chi connectivity index (χ1v) is 7.43. The lowest BCUT2D eigenvalue weighted by molar-refractivity contribution is -0.159. The number of ether oxygens (including phenoxy) is 1. The Kier molecular flexibility index (Phi) is 4.78. The molecule has 1 aliphatic rings. The van der Waals surface area contributed by atoms with Gasteiger partial charge >= 0.3 is 0 Å². The predicted molar refractivity (Wildman–Crippen MR) is 83.6 cm³/mol. The lowest BCUT2D eigenvalue weighted by Crippen LogP contribution is -2.62. The minimum absolute atomic E-state index is 0.00254. The highest BCUT2D eigenvalue weighted by Gasteiger charge is 2.51. The third-order valence-corrected chi connectivity index (χ3v) is 4.41. The van der Waals surface area contributed by atoms with Crippen molar-refractivity contribution >= 4 is 12.0 Å². The summed E-state index contributed by atoms with van der Waals surface area (Å²) in [4.78, 5) is 18.1. The molecule has 0 aromatic carbocycles. The lowest BCUT2D eigenvalue weighted by Gasteiger charge is -2.54. The van der Waals surface area contributed by atoms with Gasteiger partial charge in [-0.05, 0) is 31.1 Å². The highest BCUT2D eigenvalue weighted by atomic mass is 16.5. The molecular formula is C17H24N2O2. The Morgan fingerprint density at radius 2 is 2.33 bits per heavy atom. The zero-order valence-electron chi connectivity index (χ0n) is 13.2. The van der Waals surface area contributed by atoms with Crippen LogP contribution in [0.15, 0.2) is 30.6 Å². The van der Waals surface area contributed by atoms with Crippen LogP contribution in [0.4, 0.5) is 0 Å². The Morgan fingerprint density at radius 1 is 1.57 bits per heavy atom. The molecule has 0 spiro atoms. The van der Waals surface area contributed by atoms with Crippen LogP contribution < -0.4 is 0 Å². The Labute approximate surface area is 126 Å². The van der Waals surface area contributed by atoms with E-state index in [2.05, 4.69) is 18.8 Å². The third kappa shape index (κ3) is 3.32. The van der Waals surface area contributed by atoms with Gasteiger partial charge < -0.3 is 9.64 Å². The van der Waals surface area contributed by atoms with Crippen LogP contribution in [0.5, 0.6) is 0 Å². The number of amides is 1. The summed E-state index contributed by atoms with van der Waals surface area (Å²) in [5.74, 6) is 0.0203. The summed E-state index contributed by atoms with van der Waals surface area (Å²) in [6.07, 6.45) is 8.02. The number of aromatic nitrogens is 1. The molecule has 2 rings (SSSR count). The Morgan fingerprint density at radius 3 is 2.90 bits per heavy atom. The van der Waals surface area contributed by atoms with Crippen LogP contribution in [0, 0.1) is 5.41 Å². The Bertz CT molecular complexity index is 511. The molecular weight excluding hydrogens is 264 g/mol. The van der Waals surface area contributed by atoms with E-state index in [1.807, 2.05) is 31.0 Å². The van der Waals surface area contributed by atoms with E-state index >= 15 is 0 Å². The SMILES string of the molecule is CCOC1CC(N(C)C(=O)C=Cc2cccnc2)C1(C)C. The van der Waals surface area contributed by atoms with Crippen molar-refractivity contribution in [3.63, 3.8) is 0 Å². The van der Waals surface area contributed by atoms with Crippen LogP contribution in [-0.4, -0.2) is 41.6 Å². The summed E-state index contributed by atoms with van der Waals surface area (Å²) in [6.45, 7) is 7.06. The fraction of sp³-hybridized carbons (Fsp3) is 0.529. The highest BCUT2D eigenvalue weighted by Crippen LogP contribution is 2.45. The average Bonchev–Trinajstić information content (AvgIpc) is 2.49. The molecule has 0 bridgehead atoms. The van der Waals surface area contributed by atoms with Gasteiger partial charge in [-0.15, -0.1) is 0 Å². The molecule has 4 heteroatoms. The normalized spacial score (nSPS) is 23.8. The van der Waals surface area contributed by atoms with E-state index in [9.17, 15) is 4.79 Å². The molecule has 1 amide bonds. The minimum atomic E-state index is 0.00254. The maximum Gasteiger partial charge on any atom is 0.246 e. The highest BCUT2D eigenvalue weighted by molar-refractivity contribution is 5.91. The van der Waals surface area contributed by atoms with Crippen molar-refractivity contribution in [3.8, 4) is 0 Å². The summed E-state index contributed by atoms with van der Waals surface area (Å²) in [6, 6.07) is 4.00. The van der Waals surface area contributed by atoms with Gasteiger partial charge in [-0.2, -0.15) is 0 Å². The number of nitrogens with zero attached hydrogens (tertiary/aromatic N) is 2. The largest absolute Gasteiger partial charge is 0.378 e. The summed E-state index contributed by atoms with van der Waals surface area (Å²) in [5.41, 5.74) is 0.932. The first-order valence-electron chi connectivity index (χ1n) is 7.43. The van der Waals surface area contributed by atoms with E-state index in [4.69, 9.17) is 4.74 Å². The number of carbonyl (C=O) groups excluding carboxylic acids is 1. The third-order valence-electron chi connectivity index (χ3n) is 4.41. The molecule has 1 fully saturated rings. The van der Waals surface area contributed by atoms with Crippen molar-refractivity contribution in [1.82, 2.24) is 9.88 Å². The molecule has 1 aromatic heterocycles. The number of hydrogen-bond acceptors (Lipinski definition) is 3. The van der Waals surface area contributed by atoms with Crippen LogP contribution in [0.1, 0.15) is 32.8 Å². The molecule has 1 aromatic rings. The second-order valence-corrected chi connectivity index (χ2v) is 6.09. The number of likely N-dealkylation sites (N-methyl/N-ethyl adjacent to an activating group) is 1. The molecule has 0 saturated heterocycles. The van der Waals surface area contributed by atoms with Crippen molar-refractivity contribution in [2.24, 2.45) is 5.41 Å². The van der Waals surface area contributed by atoms with Crippen molar-refractivity contribution in [2.75, 3.05) is 13.7 Å². The molecule has 1 aliphatic carbocycles. The molecule has 0 N–H and O–H groups in total. The number of carbonyl (C=O) groups is 1. The zero-order chi connectivity index (χ0) is 15.5. The van der Waals surface area contributed by atoms with Crippen LogP contribution >= 0.6 is 0 Å². The molecule has 0 radical (unpaired) electrons. The molecule has 21 heavy (non-hydrogen) atoms. The van der Waals surface area contributed by atoms with Gasteiger partial charge in [-0.1, -0.05) is 19.9 Å². The van der Waals surface area contributed by atoms with Crippen molar-refractivity contribution in [1.29, 1.82) is 0 Å². The maximum atomic E-state index is 12.3. The van der Waals surface area contributed by atoms with Gasteiger partial charge in [0.2, 0.25) is 5.91 Å². The fourth-order valence-electron chi connectivity index (χ4n) is 2.92. The molecule has 114 valence electrons. The summed E-state index contributed by atoms with van der Waals surface area (Å²) in [7, 11) is 1.87. The smallest absolute Gasteiger partial charge is 0.246 e. The Hall–Kier alpha value is -1.68. The fourth-order valence-corrected chi connectivity index (χ4v) is 2.92. The quantitative estimate of drug-likeness (QED) is 0.782. The standard InChI is InChI=1S/C17H24N2O2/c1-5-21-15-11-14(17(15,2)3)19(4)16(20)9-8-13-7-6-10-18-12-13/h6-10,12,14-15H,5,11H2,1-4H3. The predicted octanol–water partition coefficient (Wildman–Crippen LogP) is 2.76. The van der Waals surface area contributed by atoms with Gasteiger partial charge in [-0.25, -0.2) is 0 Å². The van der Waals surface area contributed by atoms with Gasteiger partial charge in [0.25, 0.3) is 0 Å². The van der Waals surface area contributed by atoms with Crippen LogP contribution in [0.3, 0.4) is 0 Å². The number of rotatable bonds is 5. The van der Waals surface area contributed by atoms with Crippen molar-refractivity contribution in [3.05, 3.63) is 36.2 Å². The molecule has 2 unspecified atom stereocenters. The zero-order valence-corrected chi connectivity index (χ0v) is 13.2. The molecule has 1 saturated carbocycles. The maximum absolute atomic E-state index is 12.3. The van der Waals surface area contributed by atoms with E-state index < -0.39 is 0 Å². The van der Waals surface area contributed by atoms with Gasteiger partial charge in [0.05, 0.1) is 6.10 Å². The topological polar surface area (TPSA) is 42.4 Å². The average molecular weight is 288 g/mol.